The number of carbonyl (C=O) groups is 1. The summed E-state index contributed by atoms with van der Waals surface area (Å²) >= 11 is 0. The smallest absolute Gasteiger partial charge is 0.244 e. The van der Waals surface area contributed by atoms with Gasteiger partial charge in [0.2, 0.25) is 5.91 Å². The zero-order valence-electron chi connectivity index (χ0n) is 5.80. The van der Waals surface area contributed by atoms with Crippen LogP contribution in [0.5, 0.6) is 0 Å². The maximum Gasteiger partial charge on any atom is 0.244 e. The first-order chi connectivity index (χ1) is 4.72. The molecule has 1 unspecified atom stereocenters. The minimum Gasteiger partial charge on any atom is -0.381 e. The molecule has 0 aromatic heterocycles. The van der Waals surface area contributed by atoms with Gasteiger partial charge in [0.05, 0.1) is 6.61 Å². The number of amides is 1. The van der Waals surface area contributed by atoms with Gasteiger partial charge < -0.3 is 10.5 Å². The zero-order valence-corrected chi connectivity index (χ0v) is 5.80. The van der Waals surface area contributed by atoms with E-state index < -0.39 is 5.91 Å². The van der Waals surface area contributed by atoms with E-state index in [-0.39, 0.29) is 5.92 Å². The topological polar surface area (TPSA) is 52.3 Å². The van der Waals surface area contributed by atoms with Gasteiger partial charge in [-0.25, -0.2) is 0 Å². The number of carbonyl (C=O) groups excluding carboxylic acids is 1. The van der Waals surface area contributed by atoms with Crippen LogP contribution in [-0.2, 0) is 9.53 Å². The first-order valence-electron chi connectivity index (χ1n) is 3.28. The van der Waals surface area contributed by atoms with Crippen molar-refractivity contribution in [2.75, 3.05) is 13.2 Å². The van der Waals surface area contributed by atoms with Crippen molar-refractivity contribution in [1.29, 1.82) is 0 Å². The highest BCUT2D eigenvalue weighted by molar-refractivity contribution is 5.91. The molecule has 0 saturated carbocycles. The first-order valence-corrected chi connectivity index (χ1v) is 3.28. The summed E-state index contributed by atoms with van der Waals surface area (Å²) < 4.78 is 5.06. The second-order valence-corrected chi connectivity index (χ2v) is 2.45. The van der Waals surface area contributed by atoms with Crippen LogP contribution in [0, 0.1) is 5.92 Å². The van der Waals surface area contributed by atoms with Gasteiger partial charge in [0, 0.05) is 18.1 Å². The third kappa shape index (κ3) is 1.36. The molecule has 1 aliphatic heterocycles. The third-order valence-electron chi connectivity index (χ3n) is 1.74. The SMILES string of the molecule is C=C(C(N)=O)C1CCOC1. The molecule has 1 heterocycles. The Kier molecular flexibility index (Phi) is 2.06. The molecule has 0 bridgehead atoms. The Morgan fingerprint density at radius 2 is 2.40 bits per heavy atom. The van der Waals surface area contributed by atoms with Gasteiger partial charge in [-0.3, -0.25) is 4.79 Å². The fourth-order valence-electron chi connectivity index (χ4n) is 1.01. The molecule has 56 valence electrons. The lowest BCUT2D eigenvalue weighted by molar-refractivity contribution is -0.115. The summed E-state index contributed by atoms with van der Waals surface area (Å²) in [6, 6.07) is 0. The molecule has 1 fully saturated rings. The molecule has 1 rings (SSSR count). The summed E-state index contributed by atoms with van der Waals surface area (Å²) in [7, 11) is 0. The Labute approximate surface area is 59.8 Å². The predicted molar refractivity (Wildman–Crippen MR) is 37.3 cm³/mol. The Morgan fingerprint density at radius 1 is 1.70 bits per heavy atom. The van der Waals surface area contributed by atoms with Gasteiger partial charge in [0.15, 0.2) is 0 Å². The number of nitrogens with two attached hydrogens (primary N) is 1. The maximum absolute atomic E-state index is 10.6. The molecule has 0 aliphatic carbocycles. The van der Waals surface area contributed by atoms with Crippen LogP contribution in [0.25, 0.3) is 0 Å². The molecule has 1 saturated heterocycles. The van der Waals surface area contributed by atoms with Crippen LogP contribution in [-0.4, -0.2) is 19.1 Å². The summed E-state index contributed by atoms with van der Waals surface area (Å²) in [6.07, 6.45) is 0.877. The van der Waals surface area contributed by atoms with E-state index in [1.54, 1.807) is 0 Å². The number of hydrogen-bond acceptors (Lipinski definition) is 2. The van der Waals surface area contributed by atoms with E-state index in [1.165, 1.54) is 0 Å². The molecule has 10 heavy (non-hydrogen) atoms. The zero-order chi connectivity index (χ0) is 7.56. The fraction of sp³-hybridized carbons (Fsp3) is 0.571. The average molecular weight is 141 g/mol. The average Bonchev–Trinajstić information content (AvgIpc) is 2.36. The Balaban J connectivity index is 2.48. The van der Waals surface area contributed by atoms with E-state index in [2.05, 4.69) is 6.58 Å². The summed E-state index contributed by atoms with van der Waals surface area (Å²) in [6.45, 7) is 4.90. The molecule has 0 spiro atoms. The Morgan fingerprint density at radius 3 is 2.80 bits per heavy atom. The molecule has 1 atom stereocenters. The molecule has 3 nitrogen and oxygen atoms in total. The minimum atomic E-state index is -0.407. The van der Waals surface area contributed by atoms with Crippen LogP contribution in [0.4, 0.5) is 0 Å². The van der Waals surface area contributed by atoms with E-state index in [9.17, 15) is 4.79 Å². The monoisotopic (exact) mass is 141 g/mol. The lowest BCUT2D eigenvalue weighted by atomic mass is 10.00. The fourth-order valence-corrected chi connectivity index (χ4v) is 1.01. The summed E-state index contributed by atoms with van der Waals surface area (Å²) in [5, 5.41) is 0. The predicted octanol–water partition coefficient (Wildman–Crippen LogP) is 0.0644. The van der Waals surface area contributed by atoms with Crippen LogP contribution < -0.4 is 5.73 Å². The normalized spacial score (nSPS) is 24.6. The molecular formula is C7H11NO2. The molecular weight excluding hydrogens is 130 g/mol. The first kappa shape index (κ1) is 7.28. The largest absolute Gasteiger partial charge is 0.381 e. The van der Waals surface area contributed by atoms with Crippen molar-refractivity contribution < 1.29 is 9.53 Å². The molecule has 0 aromatic rings. The van der Waals surface area contributed by atoms with E-state index in [1.807, 2.05) is 0 Å². The van der Waals surface area contributed by atoms with Crippen molar-refractivity contribution in [2.24, 2.45) is 11.7 Å². The van der Waals surface area contributed by atoms with Crippen molar-refractivity contribution in [3.05, 3.63) is 12.2 Å². The number of primary amides is 1. The molecule has 2 N–H and O–H groups in total. The molecule has 1 aliphatic rings. The van der Waals surface area contributed by atoms with Gasteiger partial charge in [0.25, 0.3) is 0 Å². The van der Waals surface area contributed by atoms with Crippen molar-refractivity contribution in [3.63, 3.8) is 0 Å². The highest BCUT2D eigenvalue weighted by atomic mass is 16.5. The number of ether oxygens (including phenoxy) is 1. The summed E-state index contributed by atoms with van der Waals surface area (Å²) in [5.74, 6) is -0.243. The number of hydrogen-bond donors (Lipinski definition) is 1. The minimum absolute atomic E-state index is 0.164. The quantitative estimate of drug-likeness (QED) is 0.553. The Hall–Kier alpha value is -0.830. The van der Waals surface area contributed by atoms with Crippen LogP contribution in [0.15, 0.2) is 12.2 Å². The van der Waals surface area contributed by atoms with Crippen LogP contribution in [0.1, 0.15) is 6.42 Å². The van der Waals surface area contributed by atoms with Gasteiger partial charge in [-0.2, -0.15) is 0 Å². The molecule has 0 radical (unpaired) electrons. The van der Waals surface area contributed by atoms with E-state index in [0.717, 1.165) is 13.0 Å². The van der Waals surface area contributed by atoms with Gasteiger partial charge in [0.1, 0.15) is 0 Å². The van der Waals surface area contributed by atoms with Crippen molar-refractivity contribution in [2.45, 2.75) is 6.42 Å². The second-order valence-electron chi connectivity index (χ2n) is 2.45. The van der Waals surface area contributed by atoms with Crippen molar-refractivity contribution in [1.82, 2.24) is 0 Å². The van der Waals surface area contributed by atoms with E-state index in [0.29, 0.717) is 12.2 Å². The van der Waals surface area contributed by atoms with Crippen molar-refractivity contribution >= 4 is 5.91 Å². The molecule has 0 aromatic carbocycles. The van der Waals surface area contributed by atoms with Crippen LogP contribution in [0.3, 0.4) is 0 Å². The van der Waals surface area contributed by atoms with Gasteiger partial charge in [-0.05, 0) is 6.42 Å². The third-order valence-corrected chi connectivity index (χ3v) is 1.74. The van der Waals surface area contributed by atoms with Gasteiger partial charge >= 0.3 is 0 Å². The standard InChI is InChI=1S/C7H11NO2/c1-5(7(8)9)6-2-3-10-4-6/h6H,1-4H2,(H2,8,9). The number of rotatable bonds is 2. The lowest BCUT2D eigenvalue weighted by Gasteiger charge is -2.05. The maximum atomic E-state index is 10.6. The highest BCUT2D eigenvalue weighted by Crippen LogP contribution is 2.19. The summed E-state index contributed by atoms with van der Waals surface area (Å²) in [5.41, 5.74) is 5.52. The van der Waals surface area contributed by atoms with Crippen molar-refractivity contribution in [3.8, 4) is 0 Å². The highest BCUT2D eigenvalue weighted by Gasteiger charge is 2.21. The molecule has 3 heteroatoms. The van der Waals surface area contributed by atoms with E-state index >= 15 is 0 Å². The van der Waals surface area contributed by atoms with Gasteiger partial charge in [-0.1, -0.05) is 6.58 Å². The lowest BCUT2D eigenvalue weighted by Crippen LogP contribution is -2.19. The summed E-state index contributed by atoms with van der Waals surface area (Å²) in [4.78, 5) is 10.6. The van der Waals surface area contributed by atoms with Gasteiger partial charge in [-0.15, -0.1) is 0 Å². The van der Waals surface area contributed by atoms with E-state index in [4.69, 9.17) is 10.5 Å². The van der Waals surface area contributed by atoms with Crippen LogP contribution in [0.2, 0.25) is 0 Å². The Bertz CT molecular complexity index is 159. The molecule has 1 amide bonds. The van der Waals surface area contributed by atoms with Crippen LogP contribution >= 0.6 is 0 Å². The second kappa shape index (κ2) is 2.84.